The van der Waals surface area contributed by atoms with Crippen molar-refractivity contribution < 1.29 is 9.53 Å². The quantitative estimate of drug-likeness (QED) is 0.418. The maximum absolute atomic E-state index is 10.1. The number of carbonyl (C=O) groups excluding carboxylic acids is 1. The van der Waals surface area contributed by atoms with E-state index in [-0.39, 0.29) is 5.92 Å². The van der Waals surface area contributed by atoms with E-state index in [2.05, 4.69) is 6.92 Å². The first-order valence-electron chi connectivity index (χ1n) is 3.84. The normalized spacial score (nSPS) is 13.0. The molecule has 0 aromatic heterocycles. The van der Waals surface area contributed by atoms with Crippen LogP contribution in [0.3, 0.4) is 0 Å². The van der Waals surface area contributed by atoms with Gasteiger partial charge in [-0.15, -0.1) is 0 Å². The number of unbranched alkanes of at least 4 members (excludes halogenated alkanes) is 1. The highest BCUT2D eigenvalue weighted by Gasteiger charge is 1.97. The van der Waals surface area contributed by atoms with Crippen LogP contribution in [-0.2, 0) is 9.53 Å². The Hall–Kier alpha value is -0.370. The summed E-state index contributed by atoms with van der Waals surface area (Å²) in [6.45, 7) is 5.34. The van der Waals surface area contributed by atoms with E-state index in [1.54, 1.807) is 0 Å². The Kier molecular flexibility index (Phi) is 6.50. The van der Waals surface area contributed by atoms with Gasteiger partial charge in [0.05, 0.1) is 6.61 Å². The average molecular weight is 144 g/mol. The van der Waals surface area contributed by atoms with E-state index >= 15 is 0 Å². The van der Waals surface area contributed by atoms with Gasteiger partial charge in [0.1, 0.15) is 6.29 Å². The smallest absolute Gasteiger partial charge is 0.125 e. The van der Waals surface area contributed by atoms with Crippen LogP contribution < -0.4 is 0 Å². The van der Waals surface area contributed by atoms with Crippen LogP contribution in [0.25, 0.3) is 0 Å². The molecule has 0 heterocycles. The zero-order valence-electron chi connectivity index (χ0n) is 6.80. The number of hydrogen-bond donors (Lipinski definition) is 0. The predicted molar refractivity (Wildman–Crippen MR) is 41.0 cm³/mol. The summed E-state index contributed by atoms with van der Waals surface area (Å²) in [5, 5.41) is 0. The fourth-order valence-electron chi connectivity index (χ4n) is 0.555. The molecule has 1 unspecified atom stereocenters. The largest absolute Gasteiger partial charge is 0.381 e. The molecule has 0 spiro atoms. The molecule has 2 nitrogen and oxygen atoms in total. The third kappa shape index (κ3) is 5.76. The molecule has 0 aromatic rings. The highest BCUT2D eigenvalue weighted by Crippen LogP contribution is 1.93. The van der Waals surface area contributed by atoms with Crippen LogP contribution >= 0.6 is 0 Å². The Morgan fingerprint density at radius 3 is 2.80 bits per heavy atom. The lowest BCUT2D eigenvalue weighted by molar-refractivity contribution is -0.112. The Bertz CT molecular complexity index is 81.3. The summed E-state index contributed by atoms with van der Waals surface area (Å²) in [5.41, 5.74) is 0. The monoisotopic (exact) mass is 144 g/mol. The molecule has 0 fully saturated rings. The summed E-state index contributed by atoms with van der Waals surface area (Å²) < 4.78 is 5.20. The van der Waals surface area contributed by atoms with Crippen LogP contribution in [0.15, 0.2) is 0 Å². The standard InChI is InChI=1S/C8H16O2/c1-3-4-5-10-7-8(2)6-9/h6,8H,3-5,7H2,1-2H3. The Morgan fingerprint density at radius 2 is 2.30 bits per heavy atom. The number of hydrogen-bond acceptors (Lipinski definition) is 2. The molecule has 10 heavy (non-hydrogen) atoms. The molecule has 0 aliphatic rings. The fourth-order valence-corrected chi connectivity index (χ4v) is 0.555. The highest BCUT2D eigenvalue weighted by atomic mass is 16.5. The number of rotatable bonds is 6. The first-order chi connectivity index (χ1) is 4.81. The van der Waals surface area contributed by atoms with E-state index < -0.39 is 0 Å². The van der Waals surface area contributed by atoms with Crippen LogP contribution in [-0.4, -0.2) is 19.5 Å². The van der Waals surface area contributed by atoms with E-state index in [9.17, 15) is 4.79 Å². The van der Waals surface area contributed by atoms with Gasteiger partial charge in [0.15, 0.2) is 0 Å². The molecular formula is C8H16O2. The van der Waals surface area contributed by atoms with Crippen molar-refractivity contribution in [2.45, 2.75) is 26.7 Å². The minimum absolute atomic E-state index is 0.0526. The van der Waals surface area contributed by atoms with Crippen molar-refractivity contribution in [1.29, 1.82) is 0 Å². The van der Waals surface area contributed by atoms with Crippen molar-refractivity contribution >= 4 is 6.29 Å². The van der Waals surface area contributed by atoms with Crippen molar-refractivity contribution in [3.8, 4) is 0 Å². The second-order valence-electron chi connectivity index (χ2n) is 2.54. The summed E-state index contributed by atoms with van der Waals surface area (Å²) in [7, 11) is 0. The predicted octanol–water partition coefficient (Wildman–Crippen LogP) is 1.64. The number of aldehydes is 1. The van der Waals surface area contributed by atoms with Crippen LogP contribution in [0.2, 0.25) is 0 Å². The van der Waals surface area contributed by atoms with E-state index in [1.807, 2.05) is 6.92 Å². The Labute approximate surface area is 62.6 Å². The van der Waals surface area contributed by atoms with Gasteiger partial charge in [0.25, 0.3) is 0 Å². The maximum Gasteiger partial charge on any atom is 0.125 e. The topological polar surface area (TPSA) is 26.3 Å². The summed E-state index contributed by atoms with van der Waals surface area (Å²) in [6, 6.07) is 0. The molecule has 0 radical (unpaired) electrons. The molecule has 0 amide bonds. The molecule has 0 rings (SSSR count). The van der Waals surface area contributed by atoms with Gasteiger partial charge in [0.2, 0.25) is 0 Å². The summed E-state index contributed by atoms with van der Waals surface area (Å²) in [4.78, 5) is 10.1. The number of ether oxygens (including phenoxy) is 1. The molecule has 0 saturated heterocycles. The van der Waals surface area contributed by atoms with Crippen LogP contribution in [0, 0.1) is 5.92 Å². The minimum atomic E-state index is 0.0526. The second kappa shape index (κ2) is 6.75. The zero-order chi connectivity index (χ0) is 7.82. The van der Waals surface area contributed by atoms with Crippen LogP contribution in [0.4, 0.5) is 0 Å². The first-order valence-corrected chi connectivity index (χ1v) is 3.84. The van der Waals surface area contributed by atoms with Crippen LogP contribution in [0.5, 0.6) is 0 Å². The van der Waals surface area contributed by atoms with Gasteiger partial charge in [-0.2, -0.15) is 0 Å². The molecule has 0 saturated carbocycles. The summed E-state index contributed by atoms with van der Waals surface area (Å²) in [6.07, 6.45) is 3.16. The lowest BCUT2D eigenvalue weighted by Crippen LogP contribution is -2.07. The van der Waals surface area contributed by atoms with Crippen molar-refractivity contribution in [2.24, 2.45) is 5.92 Å². The lowest BCUT2D eigenvalue weighted by Gasteiger charge is -2.03. The van der Waals surface area contributed by atoms with Gasteiger partial charge in [-0.3, -0.25) is 0 Å². The van der Waals surface area contributed by atoms with Crippen molar-refractivity contribution in [3.63, 3.8) is 0 Å². The molecule has 0 aromatic carbocycles. The second-order valence-corrected chi connectivity index (χ2v) is 2.54. The Balaban J connectivity index is 2.95. The molecule has 60 valence electrons. The van der Waals surface area contributed by atoms with Crippen molar-refractivity contribution in [1.82, 2.24) is 0 Å². The van der Waals surface area contributed by atoms with E-state index in [4.69, 9.17) is 4.74 Å². The molecule has 0 aliphatic carbocycles. The zero-order valence-corrected chi connectivity index (χ0v) is 6.80. The van der Waals surface area contributed by atoms with Gasteiger partial charge in [0, 0.05) is 12.5 Å². The van der Waals surface area contributed by atoms with Gasteiger partial charge < -0.3 is 9.53 Å². The van der Waals surface area contributed by atoms with Crippen molar-refractivity contribution in [3.05, 3.63) is 0 Å². The summed E-state index contributed by atoms with van der Waals surface area (Å²) >= 11 is 0. The average Bonchev–Trinajstić information content (AvgIpc) is 1.98. The van der Waals surface area contributed by atoms with Crippen molar-refractivity contribution in [2.75, 3.05) is 13.2 Å². The third-order valence-electron chi connectivity index (χ3n) is 1.26. The molecule has 0 bridgehead atoms. The lowest BCUT2D eigenvalue weighted by atomic mass is 10.2. The van der Waals surface area contributed by atoms with Gasteiger partial charge in [-0.25, -0.2) is 0 Å². The maximum atomic E-state index is 10.1. The van der Waals surface area contributed by atoms with Gasteiger partial charge >= 0.3 is 0 Å². The molecule has 1 atom stereocenters. The third-order valence-corrected chi connectivity index (χ3v) is 1.26. The van der Waals surface area contributed by atoms with Gasteiger partial charge in [-0.05, 0) is 6.42 Å². The van der Waals surface area contributed by atoms with E-state index in [0.29, 0.717) is 6.61 Å². The first kappa shape index (κ1) is 9.63. The van der Waals surface area contributed by atoms with E-state index in [0.717, 1.165) is 25.7 Å². The molecular weight excluding hydrogens is 128 g/mol. The van der Waals surface area contributed by atoms with E-state index in [1.165, 1.54) is 0 Å². The number of carbonyl (C=O) groups is 1. The molecule has 2 heteroatoms. The minimum Gasteiger partial charge on any atom is -0.381 e. The highest BCUT2D eigenvalue weighted by molar-refractivity contribution is 5.52. The molecule has 0 N–H and O–H groups in total. The van der Waals surface area contributed by atoms with Gasteiger partial charge in [-0.1, -0.05) is 20.3 Å². The van der Waals surface area contributed by atoms with Crippen LogP contribution in [0.1, 0.15) is 26.7 Å². The fraction of sp³-hybridized carbons (Fsp3) is 0.875. The Morgan fingerprint density at radius 1 is 1.60 bits per heavy atom. The summed E-state index contributed by atoms with van der Waals surface area (Å²) in [5.74, 6) is 0.0526. The molecule has 0 aliphatic heterocycles. The SMILES string of the molecule is CCCCOCC(C)C=O.